The van der Waals surface area contributed by atoms with E-state index in [0.29, 0.717) is 10.9 Å². The Morgan fingerprint density at radius 2 is 1.74 bits per heavy atom. The van der Waals surface area contributed by atoms with Crippen molar-refractivity contribution < 1.29 is 13.9 Å². The molecule has 0 atom stereocenters. The fourth-order valence-electron chi connectivity index (χ4n) is 2.48. The summed E-state index contributed by atoms with van der Waals surface area (Å²) in [7, 11) is 0. The smallest absolute Gasteiger partial charge is 0.293 e. The third kappa shape index (κ3) is 4.24. The van der Waals surface area contributed by atoms with Crippen molar-refractivity contribution in [3.8, 4) is 17.0 Å². The monoisotopic (exact) mass is 376 g/mol. The van der Waals surface area contributed by atoms with Crippen LogP contribution in [0.15, 0.2) is 82.6 Å². The molecule has 0 aliphatic carbocycles. The predicted octanol–water partition coefficient (Wildman–Crippen LogP) is 5.23. The van der Waals surface area contributed by atoms with Crippen LogP contribution in [-0.2, 0) is 6.61 Å². The number of anilines is 1. The van der Waals surface area contributed by atoms with Crippen molar-refractivity contribution in [2.75, 3.05) is 5.32 Å². The lowest BCUT2D eigenvalue weighted by Gasteiger charge is -2.03. The van der Waals surface area contributed by atoms with Crippen LogP contribution in [0.25, 0.3) is 11.3 Å². The molecule has 2 heterocycles. The molecule has 0 saturated carbocycles. The van der Waals surface area contributed by atoms with E-state index in [-0.39, 0.29) is 18.3 Å². The lowest BCUT2D eigenvalue weighted by atomic mass is 10.2. The number of amides is 1. The summed E-state index contributed by atoms with van der Waals surface area (Å²) in [6.45, 7) is 0.257. The Morgan fingerprint density at radius 3 is 2.52 bits per heavy atom. The first-order valence-electron chi connectivity index (χ1n) is 8.37. The van der Waals surface area contributed by atoms with Crippen molar-refractivity contribution in [1.29, 1.82) is 0 Å². The highest BCUT2D eigenvalue weighted by atomic mass is 32.1. The van der Waals surface area contributed by atoms with Gasteiger partial charge in [0.2, 0.25) is 0 Å². The van der Waals surface area contributed by atoms with Gasteiger partial charge >= 0.3 is 0 Å². The van der Waals surface area contributed by atoms with E-state index in [9.17, 15) is 4.79 Å². The van der Waals surface area contributed by atoms with Crippen molar-refractivity contribution in [2.45, 2.75) is 6.61 Å². The second kappa shape index (κ2) is 7.88. The maximum Gasteiger partial charge on any atom is 0.293 e. The van der Waals surface area contributed by atoms with E-state index in [0.717, 1.165) is 17.0 Å². The lowest BCUT2D eigenvalue weighted by Crippen LogP contribution is -2.10. The number of ether oxygens (including phenoxy) is 1. The summed E-state index contributed by atoms with van der Waals surface area (Å²) in [5.41, 5.74) is 1.83. The Bertz CT molecular complexity index is 1030. The molecule has 27 heavy (non-hydrogen) atoms. The fraction of sp³-hybridized carbons (Fsp3) is 0.0476. The molecule has 0 unspecified atom stereocenters. The highest BCUT2D eigenvalue weighted by Gasteiger charge is 2.14. The summed E-state index contributed by atoms with van der Waals surface area (Å²) in [5, 5.41) is 5.20. The zero-order valence-corrected chi connectivity index (χ0v) is 15.1. The van der Waals surface area contributed by atoms with Gasteiger partial charge in [0.25, 0.3) is 5.91 Å². The van der Waals surface area contributed by atoms with Gasteiger partial charge in [0.15, 0.2) is 10.9 Å². The molecule has 0 radical (unpaired) electrons. The topological polar surface area (TPSA) is 64.4 Å². The van der Waals surface area contributed by atoms with Crippen LogP contribution in [0.3, 0.4) is 0 Å². The van der Waals surface area contributed by atoms with Gasteiger partial charge in [0.05, 0.1) is 5.69 Å². The molecule has 6 heteroatoms. The van der Waals surface area contributed by atoms with Crippen LogP contribution in [-0.4, -0.2) is 10.9 Å². The number of nitrogens with zero attached hydrogens (tertiary/aromatic N) is 1. The summed E-state index contributed by atoms with van der Waals surface area (Å²) in [6.07, 6.45) is 0. The average Bonchev–Trinajstić information content (AvgIpc) is 3.38. The third-order valence-electron chi connectivity index (χ3n) is 3.80. The molecule has 134 valence electrons. The molecule has 4 rings (SSSR count). The van der Waals surface area contributed by atoms with Gasteiger partial charge in [-0.3, -0.25) is 10.1 Å². The zero-order chi connectivity index (χ0) is 18.5. The number of furan rings is 1. The Balaban J connectivity index is 1.38. The molecule has 0 saturated heterocycles. The SMILES string of the molecule is O=C(Nc1nc(-c2ccccc2)cs1)c1ccc(COc2ccccc2)o1. The van der Waals surface area contributed by atoms with Crippen LogP contribution in [0.1, 0.15) is 16.3 Å². The molecular weight excluding hydrogens is 360 g/mol. The molecule has 2 aromatic carbocycles. The molecule has 1 N–H and O–H groups in total. The summed E-state index contributed by atoms with van der Waals surface area (Å²) in [4.78, 5) is 16.8. The largest absolute Gasteiger partial charge is 0.486 e. The van der Waals surface area contributed by atoms with Gasteiger partial charge in [-0.25, -0.2) is 4.98 Å². The van der Waals surface area contributed by atoms with Crippen LogP contribution in [0.2, 0.25) is 0 Å². The lowest BCUT2D eigenvalue weighted by molar-refractivity contribution is 0.0992. The first-order chi connectivity index (χ1) is 13.3. The molecule has 0 aliphatic rings. The van der Waals surface area contributed by atoms with Gasteiger partial charge in [0.1, 0.15) is 18.1 Å². The minimum Gasteiger partial charge on any atom is -0.486 e. The zero-order valence-electron chi connectivity index (χ0n) is 14.3. The fourth-order valence-corrected chi connectivity index (χ4v) is 3.19. The van der Waals surface area contributed by atoms with Gasteiger partial charge in [-0.2, -0.15) is 0 Å². The van der Waals surface area contributed by atoms with Gasteiger partial charge in [-0.05, 0) is 24.3 Å². The Hall–Kier alpha value is -3.38. The second-order valence-corrected chi connectivity index (χ2v) is 6.58. The number of hydrogen-bond acceptors (Lipinski definition) is 5. The second-order valence-electron chi connectivity index (χ2n) is 5.73. The number of nitrogens with one attached hydrogen (secondary N) is 1. The summed E-state index contributed by atoms with van der Waals surface area (Å²) in [6, 6.07) is 22.6. The van der Waals surface area contributed by atoms with Crippen LogP contribution in [0.5, 0.6) is 5.75 Å². The highest BCUT2D eigenvalue weighted by molar-refractivity contribution is 7.14. The maximum atomic E-state index is 12.4. The van der Waals surface area contributed by atoms with E-state index in [4.69, 9.17) is 9.15 Å². The molecule has 0 bridgehead atoms. The number of rotatable bonds is 6. The van der Waals surface area contributed by atoms with Gasteiger partial charge < -0.3 is 9.15 Å². The molecule has 4 aromatic rings. The number of para-hydroxylation sites is 1. The highest BCUT2D eigenvalue weighted by Crippen LogP contribution is 2.25. The van der Waals surface area contributed by atoms with Gasteiger partial charge in [0, 0.05) is 10.9 Å². The number of hydrogen-bond donors (Lipinski definition) is 1. The summed E-state index contributed by atoms with van der Waals surface area (Å²) >= 11 is 1.37. The molecule has 5 nitrogen and oxygen atoms in total. The maximum absolute atomic E-state index is 12.4. The summed E-state index contributed by atoms with van der Waals surface area (Å²) in [5.74, 6) is 1.21. The number of benzene rings is 2. The van der Waals surface area contributed by atoms with Crippen LogP contribution in [0, 0.1) is 0 Å². The quantitative estimate of drug-likeness (QED) is 0.500. The van der Waals surface area contributed by atoms with Crippen molar-refractivity contribution in [3.05, 3.63) is 89.7 Å². The van der Waals surface area contributed by atoms with Gasteiger partial charge in [-0.1, -0.05) is 48.5 Å². The van der Waals surface area contributed by atoms with E-state index >= 15 is 0 Å². The molecule has 1 amide bonds. The average molecular weight is 376 g/mol. The van der Waals surface area contributed by atoms with E-state index in [1.165, 1.54) is 11.3 Å². The molecule has 2 aromatic heterocycles. The predicted molar refractivity (Wildman–Crippen MR) is 105 cm³/mol. The number of carbonyl (C=O) groups excluding carboxylic acids is 1. The van der Waals surface area contributed by atoms with Crippen molar-refractivity contribution in [3.63, 3.8) is 0 Å². The van der Waals surface area contributed by atoms with Crippen molar-refractivity contribution in [1.82, 2.24) is 4.98 Å². The molecule has 0 spiro atoms. The van der Waals surface area contributed by atoms with E-state index in [1.54, 1.807) is 12.1 Å². The normalized spacial score (nSPS) is 10.5. The van der Waals surface area contributed by atoms with Gasteiger partial charge in [-0.15, -0.1) is 11.3 Å². The minimum absolute atomic E-state index is 0.220. The van der Waals surface area contributed by atoms with E-state index in [2.05, 4.69) is 10.3 Å². The third-order valence-corrected chi connectivity index (χ3v) is 4.56. The number of thiazole rings is 1. The standard InChI is InChI=1S/C21H16N2O3S/c24-20(23-21-22-18(14-27-21)15-7-3-1-4-8-15)19-12-11-17(26-19)13-25-16-9-5-2-6-10-16/h1-12,14H,13H2,(H,22,23,24). The Labute approximate surface area is 160 Å². The first kappa shape index (κ1) is 17.1. The number of carbonyl (C=O) groups is 1. The molecular formula is C21H16N2O3S. The molecule has 0 fully saturated rings. The van der Waals surface area contributed by atoms with Crippen LogP contribution >= 0.6 is 11.3 Å². The van der Waals surface area contributed by atoms with E-state index in [1.807, 2.05) is 66.0 Å². The van der Waals surface area contributed by atoms with E-state index < -0.39 is 0 Å². The van der Waals surface area contributed by atoms with Crippen LogP contribution < -0.4 is 10.1 Å². The number of aromatic nitrogens is 1. The Kier molecular flexibility index (Phi) is 4.98. The Morgan fingerprint density at radius 1 is 1.00 bits per heavy atom. The molecule has 0 aliphatic heterocycles. The van der Waals surface area contributed by atoms with Crippen molar-refractivity contribution in [2.24, 2.45) is 0 Å². The van der Waals surface area contributed by atoms with Crippen LogP contribution in [0.4, 0.5) is 5.13 Å². The minimum atomic E-state index is -0.338. The summed E-state index contributed by atoms with van der Waals surface area (Å²) < 4.78 is 11.2. The van der Waals surface area contributed by atoms with Crippen molar-refractivity contribution >= 4 is 22.4 Å². The first-order valence-corrected chi connectivity index (χ1v) is 9.25.